The number of rotatable bonds is 5. The number of methoxy groups -OCH3 is 1. The predicted molar refractivity (Wildman–Crippen MR) is 96.8 cm³/mol. The summed E-state index contributed by atoms with van der Waals surface area (Å²) >= 11 is 0. The quantitative estimate of drug-likeness (QED) is 0.654. The molecule has 0 amide bonds. The second-order valence-electron chi connectivity index (χ2n) is 7.06. The summed E-state index contributed by atoms with van der Waals surface area (Å²) in [7, 11) is 0.402. The van der Waals surface area contributed by atoms with Gasteiger partial charge in [0.05, 0.1) is 13.2 Å². The Morgan fingerprint density at radius 2 is 1.52 bits per heavy atom. The molecular formula is C18H23N3OSi. The summed E-state index contributed by atoms with van der Waals surface area (Å²) in [6.07, 6.45) is 0. The van der Waals surface area contributed by atoms with Crippen LogP contribution in [0.2, 0.25) is 25.7 Å². The van der Waals surface area contributed by atoms with Crippen LogP contribution in [0.15, 0.2) is 48.5 Å². The standard InChI is InChI=1S/C18H23N3OSi/c1-22-15-11-9-14(10-12-15)18(13-23(2,3)4)21-19-16-7-5-6-8-17(16)20-21/h5-12,18H,13H2,1-4H3. The molecule has 1 unspecified atom stereocenters. The Hall–Kier alpha value is -2.14. The first-order chi connectivity index (χ1) is 11.0. The average molecular weight is 325 g/mol. The molecular weight excluding hydrogens is 302 g/mol. The number of hydrogen-bond donors (Lipinski definition) is 0. The van der Waals surface area contributed by atoms with Gasteiger partial charge in [0.1, 0.15) is 16.8 Å². The largest absolute Gasteiger partial charge is 0.497 e. The number of nitrogens with zero attached hydrogens (tertiary/aromatic N) is 3. The molecule has 0 spiro atoms. The third kappa shape index (κ3) is 3.61. The van der Waals surface area contributed by atoms with Gasteiger partial charge in [-0.05, 0) is 35.9 Å². The molecule has 0 aliphatic heterocycles. The number of ether oxygens (including phenoxy) is 1. The first-order valence-corrected chi connectivity index (χ1v) is 11.6. The molecule has 5 heteroatoms. The van der Waals surface area contributed by atoms with E-state index < -0.39 is 8.07 Å². The number of hydrogen-bond acceptors (Lipinski definition) is 3. The molecule has 1 aromatic heterocycles. The van der Waals surface area contributed by atoms with E-state index in [0.717, 1.165) is 22.8 Å². The Balaban J connectivity index is 2.03. The van der Waals surface area contributed by atoms with Crippen molar-refractivity contribution in [1.82, 2.24) is 15.0 Å². The Bertz CT molecular complexity index is 757. The highest BCUT2D eigenvalue weighted by molar-refractivity contribution is 6.76. The molecule has 3 rings (SSSR count). The lowest BCUT2D eigenvalue weighted by molar-refractivity contribution is 0.414. The lowest BCUT2D eigenvalue weighted by Gasteiger charge is -2.24. The van der Waals surface area contributed by atoms with Crippen molar-refractivity contribution in [3.05, 3.63) is 54.1 Å². The van der Waals surface area contributed by atoms with Crippen molar-refractivity contribution in [3.63, 3.8) is 0 Å². The van der Waals surface area contributed by atoms with Crippen LogP contribution in [-0.2, 0) is 0 Å². The van der Waals surface area contributed by atoms with Crippen LogP contribution < -0.4 is 4.74 Å². The number of aromatic nitrogens is 3. The van der Waals surface area contributed by atoms with Crippen molar-refractivity contribution >= 4 is 19.1 Å². The van der Waals surface area contributed by atoms with E-state index in [4.69, 9.17) is 14.9 Å². The van der Waals surface area contributed by atoms with Crippen LogP contribution in [-0.4, -0.2) is 30.2 Å². The van der Waals surface area contributed by atoms with Gasteiger partial charge in [-0.15, -0.1) is 0 Å². The van der Waals surface area contributed by atoms with Crippen LogP contribution >= 0.6 is 0 Å². The van der Waals surface area contributed by atoms with E-state index in [0.29, 0.717) is 0 Å². The van der Waals surface area contributed by atoms with E-state index in [-0.39, 0.29) is 6.04 Å². The molecule has 0 aliphatic carbocycles. The fourth-order valence-corrected chi connectivity index (χ4v) is 4.31. The maximum Gasteiger partial charge on any atom is 0.118 e. The number of fused-ring (bicyclic) bond motifs is 1. The Morgan fingerprint density at radius 3 is 2.00 bits per heavy atom. The minimum absolute atomic E-state index is 0.167. The molecule has 0 aliphatic rings. The lowest BCUT2D eigenvalue weighted by atomic mass is 10.1. The van der Waals surface area contributed by atoms with Gasteiger partial charge in [0.25, 0.3) is 0 Å². The van der Waals surface area contributed by atoms with Gasteiger partial charge in [-0.3, -0.25) is 0 Å². The highest BCUT2D eigenvalue weighted by Gasteiger charge is 2.25. The zero-order valence-corrected chi connectivity index (χ0v) is 15.2. The van der Waals surface area contributed by atoms with Crippen LogP contribution in [0.3, 0.4) is 0 Å². The third-order valence-corrected chi connectivity index (χ3v) is 5.50. The van der Waals surface area contributed by atoms with Crippen LogP contribution in [0.1, 0.15) is 11.6 Å². The van der Waals surface area contributed by atoms with E-state index in [1.165, 1.54) is 5.56 Å². The Morgan fingerprint density at radius 1 is 0.957 bits per heavy atom. The van der Waals surface area contributed by atoms with Crippen molar-refractivity contribution < 1.29 is 4.74 Å². The molecule has 0 bridgehead atoms. The van der Waals surface area contributed by atoms with Gasteiger partial charge in [-0.2, -0.15) is 15.0 Å². The molecule has 0 fully saturated rings. The first-order valence-electron chi connectivity index (χ1n) is 7.92. The topological polar surface area (TPSA) is 39.9 Å². The van der Waals surface area contributed by atoms with E-state index in [2.05, 4.69) is 31.8 Å². The molecule has 0 saturated heterocycles. The van der Waals surface area contributed by atoms with Gasteiger partial charge in [-0.25, -0.2) is 0 Å². The third-order valence-electron chi connectivity index (χ3n) is 3.89. The van der Waals surface area contributed by atoms with Crippen LogP contribution in [0.4, 0.5) is 0 Å². The summed E-state index contributed by atoms with van der Waals surface area (Å²) in [6.45, 7) is 7.15. The van der Waals surface area contributed by atoms with Crippen molar-refractivity contribution in [2.45, 2.75) is 31.7 Å². The molecule has 1 heterocycles. The van der Waals surface area contributed by atoms with Crippen molar-refractivity contribution in [1.29, 1.82) is 0 Å². The van der Waals surface area contributed by atoms with Gasteiger partial charge >= 0.3 is 0 Å². The summed E-state index contributed by atoms with van der Waals surface area (Å²) in [5, 5.41) is 9.43. The molecule has 0 saturated carbocycles. The Kier molecular flexibility index (Phi) is 4.22. The normalized spacial score (nSPS) is 13.2. The highest BCUT2D eigenvalue weighted by Crippen LogP contribution is 2.29. The van der Waals surface area contributed by atoms with Crippen LogP contribution in [0.5, 0.6) is 5.75 Å². The zero-order chi connectivity index (χ0) is 16.4. The molecule has 120 valence electrons. The molecule has 0 radical (unpaired) electrons. The van der Waals surface area contributed by atoms with E-state index in [1.807, 2.05) is 41.2 Å². The van der Waals surface area contributed by atoms with Crippen LogP contribution in [0.25, 0.3) is 11.0 Å². The molecule has 23 heavy (non-hydrogen) atoms. The summed E-state index contributed by atoms with van der Waals surface area (Å²) in [5.41, 5.74) is 3.12. The molecule has 4 nitrogen and oxygen atoms in total. The summed E-state index contributed by atoms with van der Waals surface area (Å²) in [6, 6.07) is 17.6. The van der Waals surface area contributed by atoms with Gasteiger partial charge in [-0.1, -0.05) is 43.9 Å². The van der Waals surface area contributed by atoms with E-state index in [1.54, 1.807) is 7.11 Å². The molecule has 3 aromatic rings. The van der Waals surface area contributed by atoms with Gasteiger partial charge < -0.3 is 4.74 Å². The second kappa shape index (κ2) is 6.16. The smallest absolute Gasteiger partial charge is 0.118 e. The van der Waals surface area contributed by atoms with Crippen molar-refractivity contribution in [2.24, 2.45) is 0 Å². The summed E-state index contributed by atoms with van der Waals surface area (Å²) in [5.74, 6) is 0.874. The zero-order valence-electron chi connectivity index (χ0n) is 14.2. The van der Waals surface area contributed by atoms with E-state index >= 15 is 0 Å². The SMILES string of the molecule is COc1ccc(C(C[Si](C)(C)C)n2nc3ccccc3n2)cc1. The molecule has 1 atom stereocenters. The van der Waals surface area contributed by atoms with E-state index in [9.17, 15) is 0 Å². The summed E-state index contributed by atoms with van der Waals surface area (Å²) in [4.78, 5) is 1.89. The minimum atomic E-state index is -1.29. The highest BCUT2D eigenvalue weighted by atomic mass is 28.3. The fourth-order valence-electron chi connectivity index (χ4n) is 2.75. The maximum atomic E-state index is 5.27. The predicted octanol–water partition coefficient (Wildman–Crippen LogP) is 4.37. The molecule has 0 N–H and O–H groups in total. The fraction of sp³-hybridized carbons (Fsp3) is 0.333. The summed E-state index contributed by atoms with van der Waals surface area (Å²) < 4.78 is 5.27. The maximum absolute atomic E-state index is 5.27. The minimum Gasteiger partial charge on any atom is -0.497 e. The number of benzene rings is 2. The second-order valence-corrected chi connectivity index (χ2v) is 12.6. The Labute approximate surface area is 138 Å². The molecule has 2 aromatic carbocycles. The first kappa shape index (κ1) is 15.7. The van der Waals surface area contributed by atoms with Crippen LogP contribution in [0, 0.1) is 0 Å². The van der Waals surface area contributed by atoms with Crippen molar-refractivity contribution in [3.8, 4) is 5.75 Å². The van der Waals surface area contributed by atoms with Gasteiger partial charge in [0.15, 0.2) is 0 Å². The average Bonchev–Trinajstić information content (AvgIpc) is 2.96. The van der Waals surface area contributed by atoms with Gasteiger partial charge in [0, 0.05) is 8.07 Å². The lowest BCUT2D eigenvalue weighted by Crippen LogP contribution is -2.27. The monoisotopic (exact) mass is 325 g/mol. The van der Waals surface area contributed by atoms with Gasteiger partial charge in [0.2, 0.25) is 0 Å². The van der Waals surface area contributed by atoms with Crippen molar-refractivity contribution in [2.75, 3.05) is 7.11 Å².